The summed E-state index contributed by atoms with van der Waals surface area (Å²) in [5.74, 6) is 0.158. The van der Waals surface area contributed by atoms with E-state index in [1.165, 1.54) is 4.90 Å². The Morgan fingerprint density at radius 1 is 1.36 bits per heavy atom. The van der Waals surface area contributed by atoms with Crippen LogP contribution < -0.4 is 0 Å². The molecule has 1 fully saturated rings. The van der Waals surface area contributed by atoms with E-state index in [0.717, 1.165) is 12.8 Å². The number of piperidine rings is 1. The zero-order chi connectivity index (χ0) is 10.6. The van der Waals surface area contributed by atoms with Crippen molar-refractivity contribution in [3.8, 4) is 0 Å². The maximum absolute atomic E-state index is 12.9. The molecule has 1 heterocycles. The Morgan fingerprint density at radius 2 is 2.07 bits per heavy atom. The molecule has 0 spiro atoms. The van der Waals surface area contributed by atoms with Crippen LogP contribution in [0, 0.1) is 5.92 Å². The van der Waals surface area contributed by atoms with Crippen LogP contribution in [0.2, 0.25) is 0 Å². The third-order valence-corrected chi connectivity index (χ3v) is 2.64. The van der Waals surface area contributed by atoms with E-state index < -0.39 is 12.7 Å². The third kappa shape index (κ3) is 3.13. The van der Waals surface area contributed by atoms with E-state index in [9.17, 15) is 13.2 Å². The summed E-state index contributed by atoms with van der Waals surface area (Å²) >= 11 is 0. The number of hydrogen-bond acceptors (Lipinski definition) is 2. The number of rotatable bonds is 4. The Balaban J connectivity index is 2.39. The van der Waals surface area contributed by atoms with Crippen molar-refractivity contribution in [3.05, 3.63) is 0 Å². The molecule has 1 aliphatic rings. The van der Waals surface area contributed by atoms with Gasteiger partial charge in [-0.15, -0.1) is 0 Å². The van der Waals surface area contributed by atoms with Crippen molar-refractivity contribution in [3.63, 3.8) is 0 Å². The minimum absolute atomic E-state index is 0.0458. The second kappa shape index (κ2) is 5.56. The van der Waals surface area contributed by atoms with Gasteiger partial charge in [0.2, 0.25) is 6.30 Å². The van der Waals surface area contributed by atoms with Crippen LogP contribution >= 0.6 is 0 Å². The molecule has 0 aromatic heterocycles. The van der Waals surface area contributed by atoms with Crippen LogP contribution in [0.3, 0.4) is 0 Å². The molecule has 2 atom stereocenters. The number of halogens is 3. The van der Waals surface area contributed by atoms with Crippen LogP contribution in [-0.4, -0.2) is 42.4 Å². The fraction of sp³-hybridized carbons (Fsp3) is 1.00. The van der Waals surface area contributed by atoms with Crippen LogP contribution in [0.5, 0.6) is 0 Å². The van der Waals surface area contributed by atoms with Crippen molar-refractivity contribution in [1.82, 2.24) is 4.90 Å². The molecular weight excluding hydrogens is 195 g/mol. The first kappa shape index (κ1) is 11.8. The SMILES string of the molecule is OCCC1CCCN(C(F)C(F)F)C1. The molecule has 0 bridgehead atoms. The van der Waals surface area contributed by atoms with Gasteiger partial charge in [-0.3, -0.25) is 4.90 Å². The van der Waals surface area contributed by atoms with E-state index in [4.69, 9.17) is 5.11 Å². The molecule has 0 aromatic carbocycles. The fourth-order valence-electron chi connectivity index (χ4n) is 1.90. The first-order valence-electron chi connectivity index (χ1n) is 4.92. The summed E-state index contributed by atoms with van der Waals surface area (Å²) < 4.78 is 37.1. The molecule has 1 N–H and O–H groups in total. The highest BCUT2D eigenvalue weighted by Gasteiger charge is 2.30. The topological polar surface area (TPSA) is 23.5 Å². The number of aliphatic hydroxyl groups is 1. The van der Waals surface area contributed by atoms with Crippen molar-refractivity contribution >= 4 is 0 Å². The summed E-state index contributed by atoms with van der Waals surface area (Å²) in [5, 5.41) is 8.69. The van der Waals surface area contributed by atoms with Crippen molar-refractivity contribution < 1.29 is 18.3 Å². The average molecular weight is 211 g/mol. The largest absolute Gasteiger partial charge is 0.396 e. The number of likely N-dealkylation sites (tertiary alicyclic amines) is 1. The van der Waals surface area contributed by atoms with Gasteiger partial charge in [-0.25, -0.2) is 13.2 Å². The van der Waals surface area contributed by atoms with E-state index in [2.05, 4.69) is 0 Å². The lowest BCUT2D eigenvalue weighted by molar-refractivity contribution is -0.0654. The molecule has 0 saturated carbocycles. The normalized spacial score (nSPS) is 26.8. The van der Waals surface area contributed by atoms with Crippen molar-refractivity contribution in [2.45, 2.75) is 32.0 Å². The highest BCUT2D eigenvalue weighted by atomic mass is 19.3. The minimum atomic E-state index is -2.93. The number of alkyl halides is 3. The first-order chi connectivity index (χ1) is 6.65. The summed E-state index contributed by atoms with van der Waals surface area (Å²) in [6.45, 7) is 0.781. The van der Waals surface area contributed by atoms with Gasteiger partial charge in [-0.2, -0.15) is 0 Å². The van der Waals surface area contributed by atoms with Gasteiger partial charge in [-0.1, -0.05) is 0 Å². The lowest BCUT2D eigenvalue weighted by atomic mass is 9.95. The Kier molecular flexibility index (Phi) is 4.68. The predicted molar refractivity (Wildman–Crippen MR) is 46.9 cm³/mol. The maximum Gasteiger partial charge on any atom is 0.282 e. The zero-order valence-electron chi connectivity index (χ0n) is 8.00. The molecular formula is C9H16F3NO. The van der Waals surface area contributed by atoms with E-state index in [1.807, 2.05) is 0 Å². The van der Waals surface area contributed by atoms with Gasteiger partial charge < -0.3 is 5.11 Å². The molecule has 14 heavy (non-hydrogen) atoms. The highest BCUT2D eigenvalue weighted by molar-refractivity contribution is 4.75. The molecule has 0 aromatic rings. The van der Waals surface area contributed by atoms with Crippen molar-refractivity contribution in [2.75, 3.05) is 19.7 Å². The smallest absolute Gasteiger partial charge is 0.282 e. The molecule has 2 nitrogen and oxygen atoms in total. The monoisotopic (exact) mass is 211 g/mol. The first-order valence-corrected chi connectivity index (χ1v) is 4.92. The number of aliphatic hydroxyl groups excluding tert-OH is 1. The Morgan fingerprint density at radius 3 is 2.64 bits per heavy atom. The lowest BCUT2D eigenvalue weighted by Gasteiger charge is -2.34. The van der Waals surface area contributed by atoms with Crippen LogP contribution in [-0.2, 0) is 0 Å². The molecule has 1 saturated heterocycles. The lowest BCUT2D eigenvalue weighted by Crippen LogP contribution is -2.44. The Labute approximate surface area is 81.7 Å². The molecule has 84 valence electrons. The van der Waals surface area contributed by atoms with Gasteiger partial charge >= 0.3 is 0 Å². The van der Waals surface area contributed by atoms with E-state index in [-0.39, 0.29) is 12.5 Å². The van der Waals surface area contributed by atoms with E-state index in [1.54, 1.807) is 0 Å². The summed E-state index contributed by atoms with van der Waals surface area (Å²) in [6.07, 6.45) is -2.86. The van der Waals surface area contributed by atoms with Gasteiger partial charge in [0.05, 0.1) is 0 Å². The molecule has 0 amide bonds. The molecule has 1 aliphatic heterocycles. The standard InChI is InChI=1S/C9H16F3NO/c10-8(11)9(12)13-4-1-2-7(6-13)3-5-14/h7-9,14H,1-6H2. The zero-order valence-corrected chi connectivity index (χ0v) is 8.00. The van der Waals surface area contributed by atoms with Gasteiger partial charge in [0.1, 0.15) is 0 Å². The summed E-state index contributed by atoms with van der Waals surface area (Å²) in [6, 6.07) is 0. The highest BCUT2D eigenvalue weighted by Crippen LogP contribution is 2.23. The second-order valence-electron chi connectivity index (χ2n) is 3.72. The molecule has 0 aliphatic carbocycles. The number of nitrogens with zero attached hydrogens (tertiary/aromatic N) is 1. The van der Waals surface area contributed by atoms with Crippen LogP contribution in [0.4, 0.5) is 13.2 Å². The van der Waals surface area contributed by atoms with Gasteiger partial charge in [0.25, 0.3) is 6.43 Å². The van der Waals surface area contributed by atoms with E-state index in [0.29, 0.717) is 19.5 Å². The Hall–Kier alpha value is -0.290. The average Bonchev–Trinajstić information content (AvgIpc) is 2.17. The van der Waals surface area contributed by atoms with Crippen molar-refractivity contribution in [1.29, 1.82) is 0 Å². The Bertz CT molecular complexity index is 166. The van der Waals surface area contributed by atoms with Gasteiger partial charge in [-0.05, 0) is 25.2 Å². The maximum atomic E-state index is 12.9. The van der Waals surface area contributed by atoms with Crippen LogP contribution in [0.1, 0.15) is 19.3 Å². The predicted octanol–water partition coefficient (Wildman–Crippen LogP) is 1.64. The minimum Gasteiger partial charge on any atom is -0.396 e. The van der Waals surface area contributed by atoms with Crippen LogP contribution in [0.15, 0.2) is 0 Å². The fourth-order valence-corrected chi connectivity index (χ4v) is 1.90. The van der Waals surface area contributed by atoms with Crippen LogP contribution in [0.25, 0.3) is 0 Å². The second-order valence-corrected chi connectivity index (χ2v) is 3.72. The molecule has 0 radical (unpaired) electrons. The van der Waals surface area contributed by atoms with Gasteiger partial charge in [0, 0.05) is 19.7 Å². The summed E-state index contributed by atoms with van der Waals surface area (Å²) in [7, 11) is 0. The van der Waals surface area contributed by atoms with Gasteiger partial charge in [0.15, 0.2) is 0 Å². The van der Waals surface area contributed by atoms with Crippen molar-refractivity contribution in [2.24, 2.45) is 5.92 Å². The van der Waals surface area contributed by atoms with E-state index >= 15 is 0 Å². The quantitative estimate of drug-likeness (QED) is 0.714. The molecule has 2 unspecified atom stereocenters. The molecule has 5 heteroatoms. The summed E-state index contributed by atoms with van der Waals surface area (Å²) in [4.78, 5) is 1.18. The summed E-state index contributed by atoms with van der Waals surface area (Å²) in [5.41, 5.74) is 0. The number of hydrogen-bond donors (Lipinski definition) is 1. The molecule has 1 rings (SSSR count). The third-order valence-electron chi connectivity index (χ3n) is 2.64.